The lowest BCUT2D eigenvalue weighted by Gasteiger charge is -2.39. The summed E-state index contributed by atoms with van der Waals surface area (Å²) in [5.74, 6) is 2.59. The highest BCUT2D eigenvalue weighted by atomic mass is 16.5. The number of aliphatic imine (C=N–C) groups is 1. The monoisotopic (exact) mass is 487 g/mol. The lowest BCUT2D eigenvalue weighted by molar-refractivity contribution is -0.0368. The molecule has 3 aromatic rings. The van der Waals surface area contributed by atoms with Gasteiger partial charge in [0.15, 0.2) is 23.2 Å². The number of nitrogens with zero attached hydrogens (tertiary/aromatic N) is 8. The molecule has 36 heavy (non-hydrogen) atoms. The molecular weight excluding hydrogens is 454 g/mol. The van der Waals surface area contributed by atoms with E-state index in [2.05, 4.69) is 25.8 Å². The van der Waals surface area contributed by atoms with Gasteiger partial charge in [0.2, 0.25) is 0 Å². The lowest BCUT2D eigenvalue weighted by atomic mass is 9.76. The van der Waals surface area contributed by atoms with Crippen molar-refractivity contribution in [2.24, 2.45) is 16.1 Å². The van der Waals surface area contributed by atoms with Crippen molar-refractivity contribution in [2.75, 3.05) is 42.6 Å². The number of anilines is 3. The summed E-state index contributed by atoms with van der Waals surface area (Å²) in [7, 11) is 0. The molecule has 0 saturated carbocycles. The summed E-state index contributed by atoms with van der Waals surface area (Å²) < 4.78 is 8.15. The second kappa shape index (κ2) is 8.69. The van der Waals surface area contributed by atoms with Crippen molar-refractivity contribution >= 4 is 34.3 Å². The second-order valence-electron chi connectivity index (χ2n) is 10.5. The molecule has 1 atom stereocenters. The summed E-state index contributed by atoms with van der Waals surface area (Å²) in [5, 5.41) is 5.10. The standard InChI is InChI=1S/C26H33N9O/c27-25-26(8-12-29-25)9-14-33(15-10-26)20-17-30-22-23(31-20)35(21-7-1-2-16-36-21)32-24(22)34-13-4-5-18-19(34)6-3-11-28-18/h3,6,11,17,21H,1-2,4-5,7-10,12-16H2,(H2,27,29). The predicted octanol–water partition coefficient (Wildman–Crippen LogP) is 3.35. The van der Waals surface area contributed by atoms with Crippen LogP contribution in [-0.4, -0.2) is 63.4 Å². The zero-order valence-electron chi connectivity index (χ0n) is 20.6. The number of hydrogen-bond donors (Lipinski definition) is 1. The van der Waals surface area contributed by atoms with Gasteiger partial charge in [0.25, 0.3) is 0 Å². The third-order valence-corrected chi connectivity index (χ3v) is 8.47. The molecule has 7 rings (SSSR count). The van der Waals surface area contributed by atoms with Gasteiger partial charge in [0.05, 0.1) is 17.6 Å². The number of pyridine rings is 1. The summed E-state index contributed by atoms with van der Waals surface area (Å²) in [4.78, 5) is 23.8. The van der Waals surface area contributed by atoms with Crippen LogP contribution >= 0.6 is 0 Å². The van der Waals surface area contributed by atoms with Gasteiger partial charge in [-0.3, -0.25) is 9.98 Å². The molecule has 4 aliphatic rings. The molecule has 3 aromatic heterocycles. The Labute approximate surface area is 210 Å². The van der Waals surface area contributed by atoms with Crippen LogP contribution in [0.4, 0.5) is 17.3 Å². The first kappa shape index (κ1) is 22.0. The maximum Gasteiger partial charge on any atom is 0.183 e. The molecule has 0 radical (unpaired) electrons. The Morgan fingerprint density at radius 1 is 1.06 bits per heavy atom. The Morgan fingerprint density at radius 3 is 2.78 bits per heavy atom. The van der Waals surface area contributed by atoms with Gasteiger partial charge in [-0.15, -0.1) is 5.10 Å². The topological polar surface area (TPSA) is 111 Å². The second-order valence-corrected chi connectivity index (χ2v) is 10.5. The summed E-state index contributed by atoms with van der Waals surface area (Å²) in [6.45, 7) is 4.31. The quantitative estimate of drug-likeness (QED) is 0.599. The number of aromatic nitrogens is 5. The average Bonchev–Trinajstić information content (AvgIpc) is 3.49. The highest BCUT2D eigenvalue weighted by molar-refractivity contribution is 5.89. The van der Waals surface area contributed by atoms with E-state index in [-0.39, 0.29) is 11.6 Å². The summed E-state index contributed by atoms with van der Waals surface area (Å²) >= 11 is 0. The highest BCUT2D eigenvalue weighted by Gasteiger charge is 2.41. The van der Waals surface area contributed by atoms with Gasteiger partial charge in [-0.2, -0.15) is 0 Å². The fourth-order valence-corrected chi connectivity index (χ4v) is 6.31. The van der Waals surface area contributed by atoms with E-state index in [9.17, 15) is 0 Å². The first-order valence-corrected chi connectivity index (χ1v) is 13.4. The van der Waals surface area contributed by atoms with Crippen molar-refractivity contribution in [3.8, 4) is 0 Å². The van der Waals surface area contributed by atoms with E-state index in [1.807, 2.05) is 23.1 Å². The van der Waals surface area contributed by atoms with Crippen LogP contribution in [0, 0.1) is 5.41 Å². The number of ether oxygens (including phenoxy) is 1. The van der Waals surface area contributed by atoms with Gasteiger partial charge in [-0.05, 0) is 63.5 Å². The Kier molecular flexibility index (Phi) is 5.30. The molecule has 1 spiro atoms. The SMILES string of the molecule is NC1=NCCC12CCN(c1cnc3c(N4CCCc5ncccc54)nn(C4CCCCO4)c3n1)CC2. The molecule has 0 aromatic carbocycles. The van der Waals surface area contributed by atoms with E-state index in [1.165, 1.54) is 0 Å². The molecule has 7 heterocycles. The molecule has 2 saturated heterocycles. The van der Waals surface area contributed by atoms with Crippen molar-refractivity contribution in [1.29, 1.82) is 0 Å². The van der Waals surface area contributed by atoms with Crippen LogP contribution < -0.4 is 15.5 Å². The van der Waals surface area contributed by atoms with Crippen LogP contribution in [0.3, 0.4) is 0 Å². The zero-order chi connectivity index (χ0) is 24.1. The molecule has 188 valence electrons. The average molecular weight is 488 g/mol. The number of nitrogens with two attached hydrogens (primary N) is 1. The Hall–Kier alpha value is -3.27. The summed E-state index contributed by atoms with van der Waals surface area (Å²) in [6.07, 6.45) is 11.9. The Bertz CT molecular complexity index is 1300. The first-order chi connectivity index (χ1) is 17.7. The van der Waals surface area contributed by atoms with Gasteiger partial charge in [0.1, 0.15) is 11.7 Å². The van der Waals surface area contributed by atoms with Crippen LogP contribution in [0.1, 0.15) is 56.9 Å². The van der Waals surface area contributed by atoms with Crippen LogP contribution in [0.15, 0.2) is 29.5 Å². The smallest absolute Gasteiger partial charge is 0.183 e. The van der Waals surface area contributed by atoms with E-state index in [0.717, 1.165) is 124 Å². The summed E-state index contributed by atoms with van der Waals surface area (Å²) in [6, 6.07) is 4.13. The molecule has 0 amide bonds. The molecule has 2 fully saturated rings. The summed E-state index contributed by atoms with van der Waals surface area (Å²) in [5.41, 5.74) is 10.2. The van der Waals surface area contributed by atoms with E-state index in [0.29, 0.717) is 0 Å². The zero-order valence-corrected chi connectivity index (χ0v) is 20.6. The molecule has 4 aliphatic heterocycles. The van der Waals surface area contributed by atoms with Gasteiger partial charge in [-0.1, -0.05) is 0 Å². The Balaban J connectivity index is 1.27. The van der Waals surface area contributed by atoms with Gasteiger partial charge in [-0.25, -0.2) is 14.6 Å². The van der Waals surface area contributed by atoms with E-state index < -0.39 is 0 Å². The van der Waals surface area contributed by atoms with Crippen molar-refractivity contribution in [1.82, 2.24) is 24.7 Å². The maximum absolute atomic E-state index is 6.28. The van der Waals surface area contributed by atoms with E-state index in [1.54, 1.807) is 0 Å². The number of piperidine rings is 1. The Morgan fingerprint density at radius 2 is 1.97 bits per heavy atom. The molecule has 0 aliphatic carbocycles. The number of amidine groups is 1. The number of rotatable bonds is 3. The predicted molar refractivity (Wildman–Crippen MR) is 139 cm³/mol. The molecule has 0 bridgehead atoms. The van der Waals surface area contributed by atoms with Gasteiger partial charge in [0, 0.05) is 44.4 Å². The third kappa shape index (κ3) is 3.53. The molecular formula is C26H33N9O. The molecule has 2 N–H and O–H groups in total. The molecule has 10 heteroatoms. The number of fused-ring (bicyclic) bond motifs is 2. The van der Waals surface area contributed by atoms with Crippen molar-refractivity contribution < 1.29 is 4.74 Å². The fraction of sp³-hybridized carbons (Fsp3) is 0.577. The lowest BCUT2D eigenvalue weighted by Crippen LogP contribution is -2.45. The highest BCUT2D eigenvalue weighted by Crippen LogP contribution is 2.41. The molecule has 1 unspecified atom stereocenters. The normalized spacial score (nSPS) is 23.8. The number of hydrogen-bond acceptors (Lipinski definition) is 9. The van der Waals surface area contributed by atoms with Crippen LogP contribution in [0.5, 0.6) is 0 Å². The van der Waals surface area contributed by atoms with Crippen LogP contribution in [0.25, 0.3) is 11.2 Å². The fourth-order valence-electron chi connectivity index (χ4n) is 6.31. The van der Waals surface area contributed by atoms with E-state index >= 15 is 0 Å². The van der Waals surface area contributed by atoms with Crippen molar-refractivity contribution in [3.05, 3.63) is 30.2 Å². The van der Waals surface area contributed by atoms with Crippen molar-refractivity contribution in [2.45, 2.75) is 57.6 Å². The minimum atomic E-state index is -0.114. The minimum absolute atomic E-state index is 0.0780. The van der Waals surface area contributed by atoms with Crippen LogP contribution in [-0.2, 0) is 11.2 Å². The van der Waals surface area contributed by atoms with Gasteiger partial charge < -0.3 is 20.3 Å². The van der Waals surface area contributed by atoms with E-state index in [4.69, 9.17) is 25.5 Å². The third-order valence-electron chi connectivity index (χ3n) is 8.47. The van der Waals surface area contributed by atoms with Crippen molar-refractivity contribution in [3.63, 3.8) is 0 Å². The largest absolute Gasteiger partial charge is 0.387 e. The maximum atomic E-state index is 6.28. The number of aryl methyl sites for hydroxylation is 1. The molecule has 10 nitrogen and oxygen atoms in total. The minimum Gasteiger partial charge on any atom is -0.387 e. The van der Waals surface area contributed by atoms with Crippen LogP contribution in [0.2, 0.25) is 0 Å². The first-order valence-electron chi connectivity index (χ1n) is 13.4. The van der Waals surface area contributed by atoms with Gasteiger partial charge >= 0.3 is 0 Å².